The second-order valence-corrected chi connectivity index (χ2v) is 10.4. The number of benzene rings is 3. The van der Waals surface area contributed by atoms with Crippen LogP contribution < -0.4 is 15.0 Å². The lowest BCUT2D eigenvalue weighted by Gasteiger charge is -2.32. The van der Waals surface area contributed by atoms with Gasteiger partial charge in [-0.15, -0.1) is 13.2 Å². The minimum absolute atomic E-state index is 0.0307. The number of ether oxygens (including phenoxy) is 1. The Labute approximate surface area is 248 Å². The maximum Gasteiger partial charge on any atom is 0.573 e. The average molecular weight is 620 g/mol. The van der Waals surface area contributed by atoms with Crippen molar-refractivity contribution in [3.63, 3.8) is 0 Å². The molecule has 1 aliphatic heterocycles. The van der Waals surface area contributed by atoms with E-state index in [4.69, 9.17) is 11.6 Å². The molecule has 0 bridgehead atoms. The number of pyridine rings is 1. The van der Waals surface area contributed by atoms with Crippen molar-refractivity contribution in [1.82, 2.24) is 4.98 Å². The van der Waals surface area contributed by atoms with E-state index in [9.17, 15) is 31.1 Å². The molecule has 2 heterocycles. The van der Waals surface area contributed by atoms with Crippen molar-refractivity contribution >= 4 is 28.9 Å². The summed E-state index contributed by atoms with van der Waals surface area (Å²) in [4.78, 5) is 19.3. The summed E-state index contributed by atoms with van der Waals surface area (Å²) in [5, 5.41) is 3.38. The number of hydrogen-bond acceptors (Lipinski definition) is 5. The Kier molecular flexibility index (Phi) is 8.55. The molecule has 0 spiro atoms. The van der Waals surface area contributed by atoms with Gasteiger partial charge < -0.3 is 15.0 Å². The van der Waals surface area contributed by atoms with E-state index in [1.807, 2.05) is 11.0 Å². The Bertz CT molecular complexity index is 1620. The summed E-state index contributed by atoms with van der Waals surface area (Å²) in [6.45, 7) is 0.893. The van der Waals surface area contributed by atoms with Crippen LogP contribution in [-0.4, -0.2) is 30.2 Å². The van der Waals surface area contributed by atoms with E-state index in [0.717, 1.165) is 6.07 Å². The van der Waals surface area contributed by atoms with Crippen molar-refractivity contribution in [2.75, 3.05) is 23.3 Å². The number of alkyl halides is 6. The number of rotatable bonds is 8. The highest BCUT2D eigenvalue weighted by Gasteiger charge is 2.34. The van der Waals surface area contributed by atoms with Crippen LogP contribution in [0.5, 0.6) is 5.75 Å². The molecule has 0 amide bonds. The van der Waals surface area contributed by atoms with Crippen LogP contribution in [0.15, 0.2) is 79.0 Å². The predicted molar refractivity (Wildman–Crippen MR) is 151 cm³/mol. The molecule has 0 unspecified atom stereocenters. The van der Waals surface area contributed by atoms with Gasteiger partial charge in [-0.3, -0.25) is 4.79 Å². The van der Waals surface area contributed by atoms with Crippen LogP contribution in [0.4, 0.5) is 37.8 Å². The van der Waals surface area contributed by atoms with E-state index < -0.39 is 18.1 Å². The number of carbonyl (C=O) groups excluding carboxylic acids is 1. The number of ketones is 1. The summed E-state index contributed by atoms with van der Waals surface area (Å²) in [7, 11) is 0. The number of hydrogen-bond donors (Lipinski definition) is 1. The van der Waals surface area contributed by atoms with Crippen LogP contribution in [0.25, 0.3) is 11.1 Å². The molecule has 224 valence electrons. The third kappa shape index (κ3) is 7.59. The van der Waals surface area contributed by atoms with E-state index in [2.05, 4.69) is 15.0 Å². The first kappa shape index (κ1) is 30.2. The first-order chi connectivity index (χ1) is 20.4. The van der Waals surface area contributed by atoms with Gasteiger partial charge in [0.05, 0.1) is 11.3 Å². The lowest BCUT2D eigenvalue weighted by Crippen LogP contribution is -2.34. The zero-order valence-corrected chi connectivity index (χ0v) is 23.2. The Morgan fingerprint density at radius 2 is 1.72 bits per heavy atom. The molecule has 0 saturated heterocycles. The molecular formula is C31H24ClF6N3O2. The number of Topliss-reactive ketones (excluding diaryl/α,β-unsaturated/α-hetero) is 1. The quantitative estimate of drug-likeness (QED) is 0.158. The summed E-state index contributed by atoms with van der Waals surface area (Å²) in [6, 6.07) is 17.6. The second kappa shape index (κ2) is 12.2. The summed E-state index contributed by atoms with van der Waals surface area (Å²) in [5.41, 5.74) is 2.40. The average Bonchev–Trinajstić information content (AvgIpc) is 2.95. The zero-order valence-electron chi connectivity index (χ0n) is 22.4. The molecule has 43 heavy (non-hydrogen) atoms. The molecule has 0 aliphatic carbocycles. The molecule has 0 radical (unpaired) electrons. The monoisotopic (exact) mass is 619 g/mol. The molecule has 3 aromatic carbocycles. The Balaban J connectivity index is 1.32. The molecule has 4 aromatic rings. The largest absolute Gasteiger partial charge is 0.573 e. The predicted octanol–water partition coefficient (Wildman–Crippen LogP) is 8.57. The number of fused-ring (bicyclic) bond motifs is 1. The first-order valence-corrected chi connectivity index (χ1v) is 13.6. The van der Waals surface area contributed by atoms with E-state index in [1.54, 1.807) is 30.5 Å². The molecule has 5 nitrogen and oxygen atoms in total. The zero-order chi connectivity index (χ0) is 30.8. The third-order valence-electron chi connectivity index (χ3n) is 6.93. The summed E-state index contributed by atoms with van der Waals surface area (Å²) in [6.07, 6.45) is -7.24. The number of anilines is 2. The molecule has 0 saturated carbocycles. The lowest BCUT2D eigenvalue weighted by atomic mass is 9.98. The number of aryl methyl sites for hydroxylation is 1. The van der Waals surface area contributed by atoms with Crippen LogP contribution in [-0.2, 0) is 19.1 Å². The summed E-state index contributed by atoms with van der Waals surface area (Å²) >= 11 is 6.03. The summed E-state index contributed by atoms with van der Waals surface area (Å²) < 4.78 is 82.1. The summed E-state index contributed by atoms with van der Waals surface area (Å²) in [5.74, 6) is 0.0350. The van der Waals surface area contributed by atoms with Crippen LogP contribution in [0.1, 0.15) is 33.5 Å². The maximum absolute atomic E-state index is 13.7. The van der Waals surface area contributed by atoms with Gasteiger partial charge in [-0.05, 0) is 65.6 Å². The fourth-order valence-electron chi connectivity index (χ4n) is 4.89. The molecule has 0 fully saturated rings. The van der Waals surface area contributed by atoms with E-state index in [1.165, 1.54) is 36.4 Å². The van der Waals surface area contributed by atoms with Gasteiger partial charge in [-0.1, -0.05) is 41.9 Å². The molecule has 0 atom stereocenters. The number of nitrogens with zero attached hydrogens (tertiary/aromatic N) is 2. The molecule has 5 rings (SSSR count). The van der Waals surface area contributed by atoms with Gasteiger partial charge >= 0.3 is 12.5 Å². The van der Waals surface area contributed by atoms with E-state index in [-0.39, 0.29) is 35.1 Å². The van der Waals surface area contributed by atoms with Gasteiger partial charge in [-0.25, -0.2) is 4.98 Å². The topological polar surface area (TPSA) is 54.5 Å². The van der Waals surface area contributed by atoms with Gasteiger partial charge in [0.15, 0.2) is 5.78 Å². The highest BCUT2D eigenvalue weighted by molar-refractivity contribution is 6.30. The molecule has 1 aliphatic rings. The SMILES string of the molecule is O=C(CCc1ccc(OC(F)(F)F)cc1)c1cccc(-c2cnc3c(c2)N(Cc2cc(Cl)ccc2C(F)(F)F)CCN3)c1. The fraction of sp³-hybridized carbons (Fsp3) is 0.226. The minimum Gasteiger partial charge on any atom is -0.406 e. The van der Waals surface area contributed by atoms with Gasteiger partial charge in [0, 0.05) is 48.4 Å². The number of aromatic nitrogens is 1. The first-order valence-electron chi connectivity index (χ1n) is 13.2. The standard InChI is InChI=1S/C31H24ClF6N3O2/c32-24-7-10-26(30(33,34)35)23(15-24)18-41-13-12-39-29-27(41)16-22(17-40-29)20-2-1-3-21(14-20)28(42)11-6-19-4-8-25(9-5-19)43-31(36,37)38/h1-5,7-10,14-17H,6,11-13,18H2,(H,39,40). The van der Waals surface area contributed by atoms with Crippen molar-refractivity contribution in [3.05, 3.63) is 106 Å². The number of halogens is 7. The van der Waals surface area contributed by atoms with Gasteiger partial charge in [0.1, 0.15) is 11.6 Å². The smallest absolute Gasteiger partial charge is 0.406 e. The highest BCUT2D eigenvalue weighted by Crippen LogP contribution is 2.37. The van der Waals surface area contributed by atoms with Crippen molar-refractivity contribution in [2.24, 2.45) is 0 Å². The number of nitrogens with one attached hydrogen (secondary N) is 1. The lowest BCUT2D eigenvalue weighted by molar-refractivity contribution is -0.274. The Hall–Kier alpha value is -4.25. The van der Waals surface area contributed by atoms with Crippen LogP contribution in [0.3, 0.4) is 0 Å². The third-order valence-corrected chi connectivity index (χ3v) is 7.17. The minimum atomic E-state index is -4.78. The van der Waals surface area contributed by atoms with Gasteiger partial charge in [-0.2, -0.15) is 13.2 Å². The molecule has 1 N–H and O–H groups in total. The molecule has 1 aromatic heterocycles. The fourth-order valence-corrected chi connectivity index (χ4v) is 5.08. The molecular weight excluding hydrogens is 596 g/mol. The van der Waals surface area contributed by atoms with Gasteiger partial charge in [0.2, 0.25) is 0 Å². The van der Waals surface area contributed by atoms with Crippen molar-refractivity contribution in [1.29, 1.82) is 0 Å². The van der Waals surface area contributed by atoms with Crippen molar-refractivity contribution in [2.45, 2.75) is 31.9 Å². The van der Waals surface area contributed by atoms with Crippen LogP contribution in [0.2, 0.25) is 5.02 Å². The number of carbonyl (C=O) groups is 1. The van der Waals surface area contributed by atoms with Crippen LogP contribution >= 0.6 is 11.6 Å². The van der Waals surface area contributed by atoms with E-state index >= 15 is 0 Å². The van der Waals surface area contributed by atoms with E-state index in [0.29, 0.717) is 53.3 Å². The van der Waals surface area contributed by atoms with Crippen molar-refractivity contribution in [3.8, 4) is 16.9 Å². The maximum atomic E-state index is 13.7. The highest BCUT2D eigenvalue weighted by atomic mass is 35.5. The Morgan fingerprint density at radius 1 is 0.953 bits per heavy atom. The second-order valence-electron chi connectivity index (χ2n) is 9.94. The molecule has 12 heteroatoms. The van der Waals surface area contributed by atoms with Crippen LogP contribution in [0, 0.1) is 0 Å². The van der Waals surface area contributed by atoms with Crippen molar-refractivity contribution < 1.29 is 35.9 Å². The normalized spacial score (nSPS) is 13.3. The Morgan fingerprint density at radius 3 is 2.44 bits per heavy atom. The van der Waals surface area contributed by atoms with Gasteiger partial charge in [0.25, 0.3) is 0 Å².